The van der Waals surface area contributed by atoms with Crippen LogP contribution in [0.15, 0.2) is 42.5 Å². The molecular weight excluding hydrogens is 316 g/mol. The van der Waals surface area contributed by atoms with E-state index in [-0.39, 0.29) is 5.91 Å². The Balaban J connectivity index is 1.93. The van der Waals surface area contributed by atoms with E-state index in [9.17, 15) is 4.79 Å². The highest BCUT2D eigenvalue weighted by Gasteiger charge is 2.36. The first kappa shape index (κ1) is 17.2. The predicted molar refractivity (Wildman–Crippen MR) is 98.6 cm³/mol. The molecule has 1 unspecified atom stereocenters. The van der Waals surface area contributed by atoms with Crippen molar-refractivity contribution < 1.29 is 9.53 Å². The van der Waals surface area contributed by atoms with E-state index in [0.717, 1.165) is 25.2 Å². The van der Waals surface area contributed by atoms with Crippen molar-refractivity contribution in [3.63, 3.8) is 0 Å². The molecule has 1 aromatic carbocycles. The molecule has 2 aromatic rings. The molecule has 1 aliphatic rings. The van der Waals surface area contributed by atoms with Gasteiger partial charge in [0, 0.05) is 18.7 Å². The summed E-state index contributed by atoms with van der Waals surface area (Å²) in [6.45, 7) is 7.43. The number of aromatic nitrogens is 1. The van der Waals surface area contributed by atoms with Crippen LogP contribution >= 0.6 is 0 Å². The fraction of sp³-hybridized carbons (Fsp3) is 0.368. The summed E-state index contributed by atoms with van der Waals surface area (Å²) < 4.78 is 5.95. The number of amides is 1. The zero-order chi connectivity index (χ0) is 17.8. The number of fused-ring (bicyclic) bond motifs is 1. The molecule has 132 valence electrons. The van der Waals surface area contributed by atoms with Crippen molar-refractivity contribution in [3.05, 3.63) is 48.0 Å². The van der Waals surface area contributed by atoms with Crippen LogP contribution in [-0.2, 0) is 4.79 Å². The van der Waals surface area contributed by atoms with Crippen LogP contribution in [0.5, 0.6) is 5.75 Å². The molecule has 1 aliphatic heterocycles. The third-order valence-corrected chi connectivity index (χ3v) is 4.49. The Hall–Kier alpha value is -2.60. The SMILES string of the molecule is CCN(CC)CCN1C(=O)C(c2ccccc2)Oc2ccc(N)nc21. The number of hydrogen-bond acceptors (Lipinski definition) is 5. The summed E-state index contributed by atoms with van der Waals surface area (Å²) in [5, 5.41) is 0. The largest absolute Gasteiger partial charge is 0.472 e. The van der Waals surface area contributed by atoms with Gasteiger partial charge in [-0.1, -0.05) is 44.2 Å². The second-order valence-electron chi connectivity index (χ2n) is 5.98. The Kier molecular flexibility index (Phi) is 5.19. The van der Waals surface area contributed by atoms with E-state index in [0.29, 0.717) is 23.9 Å². The van der Waals surface area contributed by atoms with Crippen LogP contribution in [0.25, 0.3) is 0 Å². The molecule has 3 rings (SSSR count). The standard InChI is InChI=1S/C19H24N4O2/c1-3-22(4-2)12-13-23-18-15(10-11-16(20)21-18)25-17(19(23)24)14-8-6-5-7-9-14/h5-11,17H,3-4,12-13H2,1-2H3,(H2,20,21). The average molecular weight is 340 g/mol. The van der Waals surface area contributed by atoms with Crippen LogP contribution in [0, 0.1) is 0 Å². The maximum atomic E-state index is 13.1. The number of carbonyl (C=O) groups is 1. The number of pyridine rings is 1. The van der Waals surface area contributed by atoms with Crippen LogP contribution in [0.2, 0.25) is 0 Å². The van der Waals surface area contributed by atoms with E-state index in [2.05, 4.69) is 23.7 Å². The van der Waals surface area contributed by atoms with Gasteiger partial charge in [0.05, 0.1) is 0 Å². The van der Waals surface area contributed by atoms with Crippen molar-refractivity contribution in [1.82, 2.24) is 9.88 Å². The molecule has 1 aromatic heterocycles. The first-order valence-electron chi connectivity index (χ1n) is 8.65. The lowest BCUT2D eigenvalue weighted by Gasteiger charge is -2.34. The van der Waals surface area contributed by atoms with Gasteiger partial charge in [-0.25, -0.2) is 4.98 Å². The van der Waals surface area contributed by atoms with Crippen LogP contribution in [0.3, 0.4) is 0 Å². The van der Waals surface area contributed by atoms with Gasteiger partial charge >= 0.3 is 0 Å². The van der Waals surface area contributed by atoms with Crippen molar-refractivity contribution in [1.29, 1.82) is 0 Å². The molecule has 0 aliphatic carbocycles. The number of anilines is 2. The third kappa shape index (κ3) is 3.58. The Bertz CT molecular complexity index is 731. The van der Waals surface area contributed by atoms with Gasteiger partial charge < -0.3 is 15.4 Å². The van der Waals surface area contributed by atoms with E-state index in [1.54, 1.807) is 17.0 Å². The normalized spacial score (nSPS) is 16.7. The van der Waals surface area contributed by atoms with Gasteiger partial charge in [-0.2, -0.15) is 0 Å². The molecule has 25 heavy (non-hydrogen) atoms. The van der Waals surface area contributed by atoms with E-state index in [1.165, 1.54) is 0 Å². The summed E-state index contributed by atoms with van der Waals surface area (Å²) >= 11 is 0. The second-order valence-corrected chi connectivity index (χ2v) is 5.98. The molecule has 6 nitrogen and oxygen atoms in total. The summed E-state index contributed by atoms with van der Waals surface area (Å²) in [5.41, 5.74) is 6.66. The fourth-order valence-electron chi connectivity index (χ4n) is 2.99. The molecule has 0 saturated heterocycles. The van der Waals surface area contributed by atoms with Crippen molar-refractivity contribution in [2.45, 2.75) is 20.0 Å². The Morgan fingerprint density at radius 3 is 2.56 bits per heavy atom. The predicted octanol–water partition coefficient (Wildman–Crippen LogP) is 2.47. The van der Waals surface area contributed by atoms with Gasteiger partial charge in [0.1, 0.15) is 5.82 Å². The number of ether oxygens (including phenoxy) is 1. The molecule has 2 heterocycles. The molecule has 2 N–H and O–H groups in total. The number of nitrogens with two attached hydrogens (primary N) is 1. The summed E-state index contributed by atoms with van der Waals surface area (Å²) in [7, 11) is 0. The van der Waals surface area contributed by atoms with Crippen LogP contribution in [0.1, 0.15) is 25.5 Å². The second kappa shape index (κ2) is 7.53. The number of carbonyl (C=O) groups excluding carboxylic acids is 1. The highest BCUT2D eigenvalue weighted by atomic mass is 16.5. The van der Waals surface area contributed by atoms with E-state index in [1.807, 2.05) is 30.3 Å². The molecule has 1 atom stereocenters. The molecule has 6 heteroatoms. The maximum Gasteiger partial charge on any atom is 0.274 e. The topological polar surface area (TPSA) is 71.7 Å². The zero-order valence-electron chi connectivity index (χ0n) is 14.7. The number of rotatable bonds is 6. The fourth-order valence-corrected chi connectivity index (χ4v) is 2.99. The van der Waals surface area contributed by atoms with Gasteiger partial charge in [0.25, 0.3) is 5.91 Å². The quantitative estimate of drug-likeness (QED) is 0.875. The van der Waals surface area contributed by atoms with Crippen molar-refractivity contribution in [2.75, 3.05) is 36.8 Å². The summed E-state index contributed by atoms with van der Waals surface area (Å²) in [4.78, 5) is 21.4. The smallest absolute Gasteiger partial charge is 0.274 e. The van der Waals surface area contributed by atoms with Crippen LogP contribution < -0.4 is 15.4 Å². The van der Waals surface area contributed by atoms with Crippen LogP contribution in [-0.4, -0.2) is 42.0 Å². The Morgan fingerprint density at radius 1 is 1.16 bits per heavy atom. The maximum absolute atomic E-state index is 13.1. The highest BCUT2D eigenvalue weighted by molar-refractivity contribution is 5.99. The van der Waals surface area contributed by atoms with Gasteiger partial charge in [-0.05, 0) is 25.2 Å². The molecular formula is C19H24N4O2. The lowest BCUT2D eigenvalue weighted by molar-refractivity contribution is -0.126. The number of nitrogens with zero attached hydrogens (tertiary/aromatic N) is 3. The highest BCUT2D eigenvalue weighted by Crippen LogP contribution is 2.37. The summed E-state index contributed by atoms with van der Waals surface area (Å²) in [6, 6.07) is 13.0. The lowest BCUT2D eigenvalue weighted by Crippen LogP contribution is -2.45. The number of likely N-dealkylation sites (N-methyl/N-ethyl adjacent to an activating group) is 1. The Morgan fingerprint density at radius 2 is 1.88 bits per heavy atom. The molecule has 0 bridgehead atoms. The third-order valence-electron chi connectivity index (χ3n) is 4.49. The minimum atomic E-state index is -0.657. The van der Waals surface area contributed by atoms with Crippen LogP contribution in [0.4, 0.5) is 11.6 Å². The number of nitrogen functional groups attached to an aromatic ring is 1. The minimum Gasteiger partial charge on any atom is -0.472 e. The first-order valence-corrected chi connectivity index (χ1v) is 8.65. The lowest BCUT2D eigenvalue weighted by atomic mass is 10.1. The number of benzene rings is 1. The molecule has 0 fully saturated rings. The van der Waals surface area contributed by atoms with Crippen molar-refractivity contribution in [2.24, 2.45) is 0 Å². The van der Waals surface area contributed by atoms with Crippen molar-refractivity contribution in [3.8, 4) is 5.75 Å². The summed E-state index contributed by atoms with van der Waals surface area (Å²) in [5.74, 6) is 1.36. The van der Waals surface area contributed by atoms with E-state index >= 15 is 0 Å². The molecule has 1 amide bonds. The van der Waals surface area contributed by atoms with E-state index in [4.69, 9.17) is 10.5 Å². The first-order chi connectivity index (χ1) is 12.1. The van der Waals surface area contributed by atoms with Gasteiger partial charge in [-0.15, -0.1) is 0 Å². The molecule has 0 spiro atoms. The molecule has 0 radical (unpaired) electrons. The zero-order valence-corrected chi connectivity index (χ0v) is 14.7. The van der Waals surface area contributed by atoms with Gasteiger partial charge in [-0.3, -0.25) is 9.69 Å². The number of hydrogen-bond donors (Lipinski definition) is 1. The monoisotopic (exact) mass is 340 g/mol. The minimum absolute atomic E-state index is 0.107. The van der Waals surface area contributed by atoms with Gasteiger partial charge in [0.2, 0.25) is 6.10 Å². The Labute approximate surface area is 148 Å². The van der Waals surface area contributed by atoms with Gasteiger partial charge in [0.15, 0.2) is 11.6 Å². The van der Waals surface area contributed by atoms with E-state index < -0.39 is 6.10 Å². The molecule has 0 saturated carbocycles. The van der Waals surface area contributed by atoms with Crippen molar-refractivity contribution >= 4 is 17.5 Å². The summed E-state index contributed by atoms with van der Waals surface area (Å²) in [6.07, 6.45) is -0.657. The average Bonchev–Trinajstić information content (AvgIpc) is 2.64.